The average Bonchev–Trinajstić information content (AvgIpc) is 3.21. The molecule has 7 rings (SSSR count). The molecule has 4 aliphatic rings. The summed E-state index contributed by atoms with van der Waals surface area (Å²) >= 11 is 0. The molecule has 14 nitrogen and oxygen atoms in total. The van der Waals surface area contributed by atoms with E-state index in [1.807, 2.05) is 0 Å². The fourth-order valence-corrected chi connectivity index (χ4v) is 9.94. The fraction of sp³-hybridized carbons (Fsp3) is 0.444. The van der Waals surface area contributed by atoms with Gasteiger partial charge >= 0.3 is 17.9 Å². The van der Waals surface area contributed by atoms with Gasteiger partial charge < -0.3 is 44.7 Å². The van der Waals surface area contributed by atoms with Crippen LogP contribution in [0.2, 0.25) is 0 Å². The first kappa shape index (κ1) is 41.9. The molecule has 3 aliphatic carbocycles. The molecule has 14 heteroatoms. The number of nitrogens with one attached hydrogen (secondary N) is 1. The minimum absolute atomic E-state index is 0.0540. The second kappa shape index (κ2) is 15.4. The third-order valence-electron chi connectivity index (χ3n) is 13.2. The number of rotatable bonds is 9. The number of amides is 1. The molecule has 0 spiro atoms. The van der Waals surface area contributed by atoms with Crippen molar-refractivity contribution in [3.63, 3.8) is 0 Å². The Bertz CT molecular complexity index is 2160. The monoisotopic (exact) mass is 811 g/mol. The summed E-state index contributed by atoms with van der Waals surface area (Å²) in [6, 6.07) is 23.1. The van der Waals surface area contributed by atoms with E-state index in [1.165, 1.54) is 26.0 Å². The van der Waals surface area contributed by atoms with Crippen LogP contribution in [-0.2, 0) is 33.3 Å². The van der Waals surface area contributed by atoms with E-state index in [4.69, 9.17) is 18.9 Å². The first-order valence-corrected chi connectivity index (χ1v) is 19.6. The molecule has 1 heterocycles. The van der Waals surface area contributed by atoms with Gasteiger partial charge in [0.1, 0.15) is 30.0 Å². The van der Waals surface area contributed by atoms with Gasteiger partial charge in [0.25, 0.3) is 5.91 Å². The van der Waals surface area contributed by atoms with Crippen LogP contribution >= 0.6 is 0 Å². The molecule has 11 atom stereocenters. The van der Waals surface area contributed by atoms with Crippen LogP contribution in [-0.4, -0.2) is 104 Å². The number of aliphatic hydroxyl groups is 4. The number of hydrogen-bond donors (Lipinski definition) is 5. The zero-order chi connectivity index (χ0) is 42.7. The number of ether oxygens (including phenoxy) is 4. The lowest BCUT2D eigenvalue weighted by molar-refractivity contribution is -0.346. The maximum atomic E-state index is 15.0. The minimum Gasteiger partial charge on any atom is -0.456 e. The third-order valence-corrected chi connectivity index (χ3v) is 13.2. The van der Waals surface area contributed by atoms with Gasteiger partial charge in [-0.3, -0.25) is 14.4 Å². The molecular weight excluding hydrogens is 762 g/mol. The maximum absolute atomic E-state index is 15.0. The van der Waals surface area contributed by atoms with Crippen LogP contribution in [0, 0.1) is 16.7 Å². The van der Waals surface area contributed by atoms with Gasteiger partial charge in [-0.25, -0.2) is 9.59 Å². The summed E-state index contributed by atoms with van der Waals surface area (Å²) in [5.74, 6) is -5.89. The summed E-state index contributed by atoms with van der Waals surface area (Å²) in [7, 11) is 0. The molecule has 3 fully saturated rings. The van der Waals surface area contributed by atoms with Crippen molar-refractivity contribution in [1.29, 1.82) is 0 Å². The van der Waals surface area contributed by atoms with E-state index in [2.05, 4.69) is 5.32 Å². The van der Waals surface area contributed by atoms with Crippen LogP contribution in [0.3, 0.4) is 0 Å². The number of Topliss-reactive ketones (excluding diaryl/α,β-unsaturated/α-hetero) is 1. The number of benzene rings is 3. The summed E-state index contributed by atoms with van der Waals surface area (Å²) in [4.78, 5) is 69.5. The van der Waals surface area contributed by atoms with Crippen molar-refractivity contribution in [2.45, 2.75) is 101 Å². The van der Waals surface area contributed by atoms with Gasteiger partial charge in [-0.15, -0.1) is 0 Å². The molecule has 0 radical (unpaired) electrons. The minimum atomic E-state index is -2.35. The van der Waals surface area contributed by atoms with Crippen molar-refractivity contribution < 1.29 is 63.3 Å². The molecular formula is C45H49NO13. The Hall–Kier alpha value is -5.25. The summed E-state index contributed by atoms with van der Waals surface area (Å²) in [5, 5.41) is 51.9. The lowest BCUT2D eigenvalue weighted by atomic mass is 9.44. The highest BCUT2D eigenvalue weighted by Gasteiger charge is 2.78. The Morgan fingerprint density at radius 3 is 2.00 bits per heavy atom. The van der Waals surface area contributed by atoms with E-state index in [1.54, 1.807) is 92.7 Å². The fourth-order valence-electron chi connectivity index (χ4n) is 9.94. The van der Waals surface area contributed by atoms with E-state index in [0.29, 0.717) is 5.56 Å². The van der Waals surface area contributed by atoms with E-state index in [9.17, 15) is 44.4 Å². The first-order valence-electron chi connectivity index (χ1n) is 19.6. The van der Waals surface area contributed by atoms with E-state index < -0.39 is 107 Å². The molecule has 1 saturated heterocycles. The predicted octanol–water partition coefficient (Wildman–Crippen LogP) is 3.16. The number of carbonyl (C=O) groups is 5. The van der Waals surface area contributed by atoms with Crippen molar-refractivity contribution in [3.05, 3.63) is 119 Å². The molecule has 3 aromatic carbocycles. The third kappa shape index (κ3) is 6.76. The smallest absolute Gasteiger partial charge is 0.338 e. The Morgan fingerprint density at radius 2 is 1.44 bits per heavy atom. The SMILES string of the molecule is CC(=O)O[C@@]12CO[C@@H]1C[C@H](O)[C@@]1(C)C(=O)[C@H](O)C3=C(C)[C@@H](OC(=O)[C@H](O)[C@H](NC(=O)c4ccccc4)c4ccccc4)C[C@](O)([C@@H](OC(=O)c4ccccc4)[C@H]21)C3(C)C. The summed E-state index contributed by atoms with van der Waals surface area (Å²) in [5.41, 5.74) is -6.86. The van der Waals surface area contributed by atoms with E-state index in [-0.39, 0.29) is 35.3 Å². The maximum Gasteiger partial charge on any atom is 0.338 e. The first-order chi connectivity index (χ1) is 27.9. The average molecular weight is 812 g/mol. The lowest BCUT2D eigenvalue weighted by Crippen LogP contribution is -2.81. The Balaban J connectivity index is 1.34. The van der Waals surface area contributed by atoms with Crippen molar-refractivity contribution in [2.75, 3.05) is 6.61 Å². The van der Waals surface area contributed by atoms with Crippen molar-refractivity contribution in [3.8, 4) is 0 Å². The van der Waals surface area contributed by atoms with E-state index >= 15 is 0 Å². The molecule has 2 bridgehead atoms. The van der Waals surface area contributed by atoms with Gasteiger partial charge in [-0.1, -0.05) is 80.6 Å². The predicted molar refractivity (Wildman–Crippen MR) is 208 cm³/mol. The highest BCUT2D eigenvalue weighted by Crippen LogP contribution is 2.64. The van der Waals surface area contributed by atoms with E-state index in [0.717, 1.165) is 6.92 Å². The molecule has 1 aliphatic heterocycles. The Kier molecular flexibility index (Phi) is 10.9. The molecule has 3 aromatic rings. The van der Waals surface area contributed by atoms with Crippen molar-refractivity contribution in [1.82, 2.24) is 5.32 Å². The van der Waals surface area contributed by atoms with Gasteiger partial charge in [-0.05, 0) is 54.8 Å². The van der Waals surface area contributed by atoms with Crippen LogP contribution in [0.4, 0.5) is 0 Å². The van der Waals surface area contributed by atoms with Crippen LogP contribution in [0.5, 0.6) is 0 Å². The van der Waals surface area contributed by atoms with Crippen molar-refractivity contribution >= 4 is 29.6 Å². The second-order valence-electron chi connectivity index (χ2n) is 16.8. The van der Waals surface area contributed by atoms with Gasteiger partial charge in [0.05, 0.1) is 35.6 Å². The molecule has 2 saturated carbocycles. The molecule has 59 heavy (non-hydrogen) atoms. The van der Waals surface area contributed by atoms with Crippen LogP contribution in [0.15, 0.2) is 102 Å². The topological polar surface area (TPSA) is 215 Å². The second-order valence-corrected chi connectivity index (χ2v) is 16.8. The molecule has 0 unspecified atom stereocenters. The van der Waals surface area contributed by atoms with Crippen molar-refractivity contribution in [2.24, 2.45) is 16.7 Å². The zero-order valence-electron chi connectivity index (χ0n) is 33.4. The summed E-state index contributed by atoms with van der Waals surface area (Å²) in [6.45, 7) is 6.89. The number of esters is 3. The Morgan fingerprint density at radius 1 is 0.864 bits per heavy atom. The largest absolute Gasteiger partial charge is 0.456 e. The standard InChI is InChI=1S/C45H49NO13/c1-24-29(57-41(54)35(50)33(26-15-9-6-10-16-26)46-39(52)27-17-11-7-12-18-27)22-45(55)38(58-40(53)28-19-13-8-14-20-28)36-43(5,37(51)34(49)32(24)42(45,3)4)30(48)21-31-44(36,23-56-31)59-25(2)47/h6-20,29-31,33-36,38,48-50,55H,21-23H2,1-5H3,(H,46,52)/t29-,30-,31+,33+,34+,35+,36-,38-,43+,44-,45-/m0/s1. The molecule has 312 valence electrons. The van der Waals surface area contributed by atoms with Crippen LogP contribution < -0.4 is 5.32 Å². The summed E-state index contributed by atoms with van der Waals surface area (Å²) in [6.07, 6.45) is -10.5. The number of carbonyl (C=O) groups excluding carboxylic acids is 5. The Labute approximate surface area is 341 Å². The number of ketones is 1. The highest BCUT2D eigenvalue weighted by molar-refractivity contribution is 5.95. The molecule has 1 amide bonds. The van der Waals surface area contributed by atoms with Gasteiger partial charge in [0.15, 0.2) is 17.5 Å². The molecule has 5 N–H and O–H groups in total. The normalized spacial score (nSPS) is 33.0. The lowest BCUT2D eigenvalue weighted by Gasteiger charge is -2.67. The van der Waals surface area contributed by atoms with Crippen LogP contribution in [0.1, 0.15) is 79.8 Å². The zero-order valence-corrected chi connectivity index (χ0v) is 33.4. The number of fused-ring (bicyclic) bond motifs is 5. The molecule has 0 aromatic heterocycles. The number of hydrogen-bond acceptors (Lipinski definition) is 13. The number of aliphatic hydroxyl groups excluding tert-OH is 3. The summed E-state index contributed by atoms with van der Waals surface area (Å²) < 4.78 is 24.2. The quantitative estimate of drug-likeness (QED) is 0.120. The highest BCUT2D eigenvalue weighted by atomic mass is 16.6. The van der Waals surface area contributed by atoms with Gasteiger partial charge in [0.2, 0.25) is 0 Å². The van der Waals surface area contributed by atoms with Gasteiger partial charge in [0, 0.05) is 30.7 Å². The van der Waals surface area contributed by atoms with Crippen LogP contribution in [0.25, 0.3) is 0 Å². The van der Waals surface area contributed by atoms with Gasteiger partial charge in [-0.2, -0.15) is 0 Å².